The molecule has 32 heavy (non-hydrogen) atoms. The van der Waals surface area contributed by atoms with Crippen LogP contribution in [-0.4, -0.2) is 25.9 Å². The fourth-order valence-electron chi connectivity index (χ4n) is 3.11. The molecule has 0 radical (unpaired) electrons. The Bertz CT molecular complexity index is 1250. The molecule has 1 N–H and O–H groups in total. The van der Waals surface area contributed by atoms with E-state index in [1.165, 1.54) is 6.07 Å². The van der Waals surface area contributed by atoms with Crippen LogP contribution in [0.25, 0.3) is 5.82 Å². The lowest BCUT2D eigenvalue weighted by Gasteiger charge is -2.08. The summed E-state index contributed by atoms with van der Waals surface area (Å²) >= 11 is 0. The first-order valence-corrected chi connectivity index (χ1v) is 9.76. The van der Waals surface area contributed by atoms with Gasteiger partial charge in [-0.1, -0.05) is 6.07 Å². The van der Waals surface area contributed by atoms with Crippen LogP contribution >= 0.6 is 0 Å². The quantitative estimate of drug-likeness (QED) is 0.481. The number of hydrogen-bond acceptors (Lipinski definition) is 5. The second-order valence-electron chi connectivity index (χ2n) is 7.16. The maximum absolute atomic E-state index is 13.7. The number of aryl methyl sites for hydroxylation is 2. The number of carbonyl (C=O) groups excluding carboxylic acids is 1. The maximum Gasteiger partial charge on any atom is 0.238 e. The minimum atomic E-state index is -0.756. The van der Waals surface area contributed by atoms with Crippen molar-refractivity contribution in [2.75, 3.05) is 5.32 Å². The van der Waals surface area contributed by atoms with Crippen molar-refractivity contribution in [2.45, 2.75) is 20.3 Å². The Hall–Kier alpha value is -4.14. The summed E-state index contributed by atoms with van der Waals surface area (Å²) < 4.78 is 34.1. The van der Waals surface area contributed by atoms with E-state index >= 15 is 0 Å². The normalized spacial score (nSPS) is 10.8. The number of aromatic nitrogens is 4. The molecule has 2 aromatic heterocycles. The number of anilines is 1. The van der Waals surface area contributed by atoms with Crippen molar-refractivity contribution in [3.05, 3.63) is 89.2 Å². The van der Waals surface area contributed by atoms with Gasteiger partial charge in [-0.25, -0.2) is 13.5 Å². The van der Waals surface area contributed by atoms with Crippen molar-refractivity contribution in [2.24, 2.45) is 0 Å². The molecule has 0 atom stereocenters. The van der Waals surface area contributed by atoms with Gasteiger partial charge >= 0.3 is 0 Å². The van der Waals surface area contributed by atoms with Gasteiger partial charge in [0.05, 0.1) is 12.1 Å². The SMILES string of the molecule is Cc1cc(C)n(-c2ccc(Oc3ccc(NC(=O)Cc4ccc(F)cc4F)cc3)nn2)n1. The van der Waals surface area contributed by atoms with E-state index < -0.39 is 17.5 Å². The fraction of sp³-hybridized carbons (Fsp3) is 0.130. The van der Waals surface area contributed by atoms with Crippen molar-refractivity contribution >= 4 is 11.6 Å². The van der Waals surface area contributed by atoms with E-state index in [9.17, 15) is 13.6 Å². The molecule has 0 fully saturated rings. The number of benzene rings is 2. The summed E-state index contributed by atoms with van der Waals surface area (Å²) in [5.74, 6) is -0.477. The highest BCUT2D eigenvalue weighted by molar-refractivity contribution is 5.92. The van der Waals surface area contributed by atoms with Crippen molar-refractivity contribution in [1.82, 2.24) is 20.0 Å². The lowest BCUT2D eigenvalue weighted by atomic mass is 10.1. The Morgan fingerprint density at radius 2 is 1.78 bits per heavy atom. The van der Waals surface area contributed by atoms with Gasteiger partial charge < -0.3 is 10.1 Å². The molecule has 0 saturated carbocycles. The van der Waals surface area contributed by atoms with Gasteiger partial charge in [0.25, 0.3) is 0 Å². The summed E-state index contributed by atoms with van der Waals surface area (Å²) in [6.07, 6.45) is -0.207. The molecule has 0 aliphatic rings. The number of hydrogen-bond donors (Lipinski definition) is 1. The monoisotopic (exact) mass is 435 g/mol. The highest BCUT2D eigenvalue weighted by Gasteiger charge is 2.10. The average Bonchev–Trinajstić information content (AvgIpc) is 3.10. The lowest BCUT2D eigenvalue weighted by molar-refractivity contribution is -0.115. The van der Waals surface area contributed by atoms with Gasteiger partial charge in [-0.05, 0) is 61.9 Å². The van der Waals surface area contributed by atoms with Crippen LogP contribution in [0.5, 0.6) is 11.6 Å². The Kier molecular flexibility index (Phi) is 5.89. The molecular formula is C23H19F2N5O2. The molecule has 0 saturated heterocycles. The van der Waals surface area contributed by atoms with E-state index in [1.807, 2.05) is 19.9 Å². The van der Waals surface area contributed by atoms with Gasteiger partial charge in [0.15, 0.2) is 5.82 Å². The molecule has 2 heterocycles. The van der Waals surface area contributed by atoms with Gasteiger partial charge in [-0.15, -0.1) is 10.2 Å². The number of amides is 1. The summed E-state index contributed by atoms with van der Waals surface area (Å²) in [6.45, 7) is 3.84. The van der Waals surface area contributed by atoms with Crippen LogP contribution in [0.1, 0.15) is 17.0 Å². The summed E-state index contributed by atoms with van der Waals surface area (Å²) in [5, 5.41) is 15.2. The van der Waals surface area contributed by atoms with Gasteiger partial charge in [-0.2, -0.15) is 5.10 Å². The Morgan fingerprint density at radius 1 is 1.00 bits per heavy atom. The minimum absolute atomic E-state index is 0.117. The summed E-state index contributed by atoms with van der Waals surface area (Å²) in [7, 11) is 0. The van der Waals surface area contributed by atoms with Crippen molar-refractivity contribution < 1.29 is 18.3 Å². The van der Waals surface area contributed by atoms with Gasteiger partial charge in [-0.3, -0.25) is 4.79 Å². The van der Waals surface area contributed by atoms with E-state index in [0.29, 0.717) is 23.1 Å². The van der Waals surface area contributed by atoms with Gasteiger partial charge in [0.1, 0.15) is 17.4 Å². The third kappa shape index (κ3) is 4.94. The molecule has 4 aromatic rings. The molecule has 9 heteroatoms. The lowest BCUT2D eigenvalue weighted by Crippen LogP contribution is -2.15. The van der Waals surface area contributed by atoms with E-state index in [2.05, 4.69) is 20.6 Å². The van der Waals surface area contributed by atoms with Crippen LogP contribution in [-0.2, 0) is 11.2 Å². The number of nitrogens with one attached hydrogen (secondary N) is 1. The van der Waals surface area contributed by atoms with E-state index in [0.717, 1.165) is 23.5 Å². The van der Waals surface area contributed by atoms with Crippen LogP contribution in [0.15, 0.2) is 60.7 Å². The number of nitrogens with zero attached hydrogens (tertiary/aromatic N) is 4. The molecule has 162 valence electrons. The smallest absolute Gasteiger partial charge is 0.238 e. The summed E-state index contributed by atoms with van der Waals surface area (Å²) in [4.78, 5) is 12.1. The van der Waals surface area contributed by atoms with Crippen molar-refractivity contribution in [1.29, 1.82) is 0 Å². The molecule has 0 unspecified atom stereocenters. The van der Waals surface area contributed by atoms with Crippen LogP contribution in [0.4, 0.5) is 14.5 Å². The highest BCUT2D eigenvalue weighted by atomic mass is 19.1. The average molecular weight is 435 g/mol. The third-order valence-electron chi connectivity index (χ3n) is 4.58. The van der Waals surface area contributed by atoms with Crippen LogP contribution < -0.4 is 10.1 Å². The molecule has 2 aromatic carbocycles. The second-order valence-corrected chi connectivity index (χ2v) is 7.16. The number of ether oxygens (including phenoxy) is 1. The largest absolute Gasteiger partial charge is 0.438 e. The molecular weight excluding hydrogens is 416 g/mol. The molecule has 0 aliphatic heterocycles. The van der Waals surface area contributed by atoms with Crippen LogP contribution in [0.3, 0.4) is 0 Å². The molecule has 4 rings (SSSR count). The Morgan fingerprint density at radius 3 is 2.41 bits per heavy atom. The first-order valence-electron chi connectivity index (χ1n) is 9.76. The van der Waals surface area contributed by atoms with Crippen LogP contribution in [0.2, 0.25) is 0 Å². The molecule has 0 bridgehead atoms. The third-order valence-corrected chi connectivity index (χ3v) is 4.58. The van der Waals surface area contributed by atoms with Gasteiger partial charge in [0.2, 0.25) is 11.8 Å². The standard InChI is InChI=1S/C23H19F2N5O2/c1-14-11-15(2)30(29-14)21-9-10-23(28-27-21)32-19-7-5-18(6-8-19)26-22(31)12-16-3-4-17(24)13-20(16)25/h3-11,13H,12H2,1-2H3,(H,26,31). The van der Waals surface area contributed by atoms with E-state index in [-0.39, 0.29) is 12.0 Å². The second kappa shape index (κ2) is 8.93. The molecule has 1 amide bonds. The van der Waals surface area contributed by atoms with Crippen LogP contribution in [0, 0.1) is 25.5 Å². The molecule has 0 spiro atoms. The Labute approximate surface area is 182 Å². The maximum atomic E-state index is 13.7. The first kappa shape index (κ1) is 21.1. The summed E-state index contributed by atoms with van der Waals surface area (Å²) in [5.41, 5.74) is 2.46. The van der Waals surface area contributed by atoms with Crippen molar-refractivity contribution in [3.8, 4) is 17.4 Å². The number of rotatable bonds is 6. The summed E-state index contributed by atoms with van der Waals surface area (Å²) in [6, 6.07) is 15.1. The van der Waals surface area contributed by atoms with E-state index in [4.69, 9.17) is 4.74 Å². The molecule has 7 nitrogen and oxygen atoms in total. The number of halogens is 2. The topological polar surface area (TPSA) is 81.9 Å². The first-order chi connectivity index (χ1) is 15.4. The molecule has 0 aliphatic carbocycles. The van der Waals surface area contributed by atoms with Crippen molar-refractivity contribution in [3.63, 3.8) is 0 Å². The zero-order chi connectivity index (χ0) is 22.7. The fourth-order valence-corrected chi connectivity index (χ4v) is 3.11. The highest BCUT2D eigenvalue weighted by Crippen LogP contribution is 2.22. The van der Waals surface area contributed by atoms with E-state index in [1.54, 1.807) is 41.1 Å². The van der Waals surface area contributed by atoms with Gasteiger partial charge in [0, 0.05) is 23.5 Å². The predicted octanol–water partition coefficient (Wildman–Crippen LogP) is 4.53. The minimum Gasteiger partial charge on any atom is -0.438 e. The Balaban J connectivity index is 1.36. The zero-order valence-corrected chi connectivity index (χ0v) is 17.3. The number of carbonyl (C=O) groups is 1. The zero-order valence-electron chi connectivity index (χ0n) is 17.3. The predicted molar refractivity (Wildman–Crippen MR) is 114 cm³/mol.